The van der Waals surface area contributed by atoms with Gasteiger partial charge in [0.05, 0.1) is 0 Å². The van der Waals surface area contributed by atoms with Gasteiger partial charge in [0.25, 0.3) is 0 Å². The number of thiazole rings is 1. The number of hydrazone groups is 1. The van der Waals surface area contributed by atoms with Crippen LogP contribution in [0, 0.1) is 0 Å². The summed E-state index contributed by atoms with van der Waals surface area (Å²) in [5.74, 6) is 0. The summed E-state index contributed by atoms with van der Waals surface area (Å²) in [6.45, 7) is 0. The third kappa shape index (κ3) is 0.903. The Hall–Kier alpha value is -0.900. The highest BCUT2D eigenvalue weighted by Crippen LogP contribution is 2.20. The van der Waals surface area contributed by atoms with Crippen LogP contribution in [0.3, 0.4) is 0 Å². The summed E-state index contributed by atoms with van der Waals surface area (Å²) in [7, 11) is 0. The lowest BCUT2D eigenvalue weighted by atomic mass is 10.3. The first kappa shape index (κ1) is 5.85. The van der Waals surface area contributed by atoms with E-state index in [0.29, 0.717) is 6.04 Å². The van der Waals surface area contributed by atoms with E-state index in [0.717, 1.165) is 11.4 Å². The molecular weight excluding hydrogens is 146 g/mol. The van der Waals surface area contributed by atoms with Gasteiger partial charge in [-0.25, -0.2) is 4.98 Å². The lowest BCUT2D eigenvalue weighted by molar-refractivity contribution is 0.616. The van der Waals surface area contributed by atoms with Gasteiger partial charge in [0.15, 0.2) is 0 Å². The number of hydrogen-bond acceptors (Lipinski definition) is 4. The van der Waals surface area contributed by atoms with Crippen LogP contribution in [0.15, 0.2) is 16.7 Å². The maximum absolute atomic E-state index is 4.17. The third-order valence-electron chi connectivity index (χ3n) is 1.41. The number of hydrogen-bond donors (Lipinski definition) is 1. The molecule has 0 aromatic carbocycles. The molecule has 0 saturated carbocycles. The van der Waals surface area contributed by atoms with Crippen molar-refractivity contribution >= 4 is 17.6 Å². The van der Waals surface area contributed by atoms with Gasteiger partial charge in [-0.3, -0.25) is 0 Å². The van der Waals surface area contributed by atoms with E-state index in [2.05, 4.69) is 15.5 Å². The molecule has 4 heteroatoms. The van der Waals surface area contributed by atoms with E-state index in [-0.39, 0.29) is 0 Å². The number of aromatic nitrogens is 1. The van der Waals surface area contributed by atoms with Gasteiger partial charge in [-0.1, -0.05) is 0 Å². The second-order valence-electron chi connectivity index (χ2n) is 2.10. The summed E-state index contributed by atoms with van der Waals surface area (Å²) < 4.78 is 0. The Morgan fingerprint density at radius 3 is 3.30 bits per heavy atom. The fourth-order valence-corrected chi connectivity index (χ4v) is 1.61. The van der Waals surface area contributed by atoms with E-state index in [1.807, 2.05) is 17.8 Å². The molecule has 0 amide bonds. The van der Waals surface area contributed by atoms with Crippen LogP contribution in [-0.4, -0.2) is 11.2 Å². The topological polar surface area (TPSA) is 37.3 Å². The van der Waals surface area contributed by atoms with Crippen LogP contribution in [0.5, 0.6) is 0 Å². The van der Waals surface area contributed by atoms with Crippen LogP contribution < -0.4 is 5.43 Å². The molecule has 0 spiro atoms. The summed E-state index contributed by atoms with van der Waals surface area (Å²) in [6, 6.07) is 0.333. The molecule has 52 valence electrons. The molecule has 1 aliphatic rings. The zero-order valence-electron chi connectivity index (χ0n) is 5.32. The van der Waals surface area contributed by atoms with E-state index >= 15 is 0 Å². The van der Waals surface area contributed by atoms with Crippen LogP contribution in [0.4, 0.5) is 0 Å². The Balaban J connectivity index is 2.14. The molecule has 3 nitrogen and oxygen atoms in total. The maximum atomic E-state index is 4.17. The molecule has 0 saturated heterocycles. The van der Waals surface area contributed by atoms with E-state index in [9.17, 15) is 0 Å². The molecule has 1 N–H and O–H groups in total. The fourth-order valence-electron chi connectivity index (χ4n) is 0.916. The molecule has 1 atom stereocenters. The normalized spacial score (nSPS) is 23.0. The van der Waals surface area contributed by atoms with Crippen LogP contribution >= 0.6 is 11.3 Å². The highest BCUT2D eigenvalue weighted by molar-refractivity contribution is 7.09. The second-order valence-corrected chi connectivity index (χ2v) is 3.03. The highest BCUT2D eigenvalue weighted by Gasteiger charge is 2.14. The molecule has 0 bridgehead atoms. The lowest BCUT2D eigenvalue weighted by Crippen LogP contribution is -2.08. The summed E-state index contributed by atoms with van der Waals surface area (Å²) >= 11 is 1.67. The van der Waals surface area contributed by atoms with Gasteiger partial charge in [-0.15, -0.1) is 11.3 Å². The van der Waals surface area contributed by atoms with Crippen molar-refractivity contribution in [2.24, 2.45) is 5.10 Å². The molecule has 1 unspecified atom stereocenters. The lowest BCUT2D eigenvalue weighted by Gasteiger charge is -2.02. The minimum Gasteiger partial charge on any atom is -0.300 e. The van der Waals surface area contributed by atoms with Gasteiger partial charge < -0.3 is 5.43 Å². The summed E-state index contributed by atoms with van der Waals surface area (Å²) in [6.07, 6.45) is 4.67. The minimum absolute atomic E-state index is 0.333. The molecule has 2 heterocycles. The van der Waals surface area contributed by atoms with Crippen molar-refractivity contribution in [3.8, 4) is 0 Å². The summed E-state index contributed by atoms with van der Waals surface area (Å²) in [5, 5.41) is 7.02. The molecule has 0 fully saturated rings. The average Bonchev–Trinajstić information content (AvgIpc) is 2.59. The SMILES string of the molecule is C1=NNC(c2nccs2)C1. The second kappa shape index (κ2) is 2.38. The quantitative estimate of drug-likeness (QED) is 0.657. The standard InChI is InChI=1S/C6H7N3S/c1-2-8-9-5(1)6-7-3-4-10-6/h2-5,9H,1H2. The molecule has 2 rings (SSSR count). The number of nitrogens with one attached hydrogen (secondary N) is 1. The first-order valence-electron chi connectivity index (χ1n) is 3.13. The van der Waals surface area contributed by atoms with Crippen molar-refractivity contribution in [1.82, 2.24) is 10.4 Å². The van der Waals surface area contributed by atoms with Gasteiger partial charge >= 0.3 is 0 Å². The van der Waals surface area contributed by atoms with Gasteiger partial charge in [0.1, 0.15) is 11.0 Å². The zero-order valence-corrected chi connectivity index (χ0v) is 6.14. The first-order chi connectivity index (χ1) is 4.97. The largest absolute Gasteiger partial charge is 0.300 e. The maximum Gasteiger partial charge on any atom is 0.117 e. The molecule has 0 aliphatic carbocycles. The monoisotopic (exact) mass is 153 g/mol. The van der Waals surface area contributed by atoms with Gasteiger partial charge in [-0.05, 0) is 0 Å². The van der Waals surface area contributed by atoms with Gasteiger partial charge in [0.2, 0.25) is 0 Å². The molecular formula is C6H7N3S. The van der Waals surface area contributed by atoms with Crippen molar-refractivity contribution in [2.75, 3.05) is 0 Å². The smallest absolute Gasteiger partial charge is 0.117 e. The zero-order chi connectivity index (χ0) is 6.81. The first-order valence-corrected chi connectivity index (χ1v) is 4.01. The van der Waals surface area contributed by atoms with Crippen LogP contribution in [0.25, 0.3) is 0 Å². The van der Waals surface area contributed by atoms with E-state index in [1.54, 1.807) is 11.3 Å². The third-order valence-corrected chi connectivity index (χ3v) is 2.30. The Bertz CT molecular complexity index is 221. The predicted molar refractivity (Wildman–Crippen MR) is 41.1 cm³/mol. The Morgan fingerprint density at radius 2 is 2.70 bits per heavy atom. The van der Waals surface area contributed by atoms with Gasteiger partial charge in [0, 0.05) is 24.2 Å². The van der Waals surface area contributed by atoms with Crippen molar-refractivity contribution < 1.29 is 0 Å². The van der Waals surface area contributed by atoms with Gasteiger partial charge in [-0.2, -0.15) is 5.10 Å². The van der Waals surface area contributed by atoms with Crippen LogP contribution in [0.2, 0.25) is 0 Å². The minimum atomic E-state index is 0.333. The molecule has 0 radical (unpaired) electrons. The fraction of sp³-hybridized carbons (Fsp3) is 0.333. The molecule has 1 aromatic rings. The van der Waals surface area contributed by atoms with Crippen molar-refractivity contribution in [2.45, 2.75) is 12.5 Å². The Morgan fingerprint density at radius 1 is 1.70 bits per heavy atom. The molecule has 1 aliphatic heterocycles. The van der Waals surface area contributed by atoms with Crippen molar-refractivity contribution in [3.05, 3.63) is 16.6 Å². The highest BCUT2D eigenvalue weighted by atomic mass is 32.1. The number of nitrogens with zero attached hydrogens (tertiary/aromatic N) is 2. The summed E-state index contributed by atoms with van der Waals surface area (Å²) in [5.41, 5.74) is 2.98. The Labute approximate surface area is 62.8 Å². The van der Waals surface area contributed by atoms with Crippen molar-refractivity contribution in [3.63, 3.8) is 0 Å². The van der Waals surface area contributed by atoms with Crippen LogP contribution in [0.1, 0.15) is 17.5 Å². The number of rotatable bonds is 1. The van der Waals surface area contributed by atoms with E-state index in [4.69, 9.17) is 0 Å². The van der Waals surface area contributed by atoms with E-state index < -0.39 is 0 Å². The molecule has 10 heavy (non-hydrogen) atoms. The average molecular weight is 153 g/mol. The van der Waals surface area contributed by atoms with Crippen LogP contribution in [-0.2, 0) is 0 Å². The molecule has 1 aromatic heterocycles. The Kier molecular flexibility index (Phi) is 1.39. The summed E-state index contributed by atoms with van der Waals surface area (Å²) in [4.78, 5) is 4.17. The van der Waals surface area contributed by atoms with E-state index in [1.165, 1.54) is 0 Å². The predicted octanol–water partition coefficient (Wildman–Crippen LogP) is 1.16. The van der Waals surface area contributed by atoms with Crippen molar-refractivity contribution in [1.29, 1.82) is 0 Å².